The molecular formula is C21H34ClFN2O2. The lowest BCUT2D eigenvalue weighted by molar-refractivity contribution is -0.134. The maximum absolute atomic E-state index is 13.1. The van der Waals surface area contributed by atoms with Crippen LogP contribution in [0.3, 0.4) is 0 Å². The van der Waals surface area contributed by atoms with E-state index in [0.717, 1.165) is 13.1 Å². The molecule has 0 aromatic heterocycles. The Bertz CT molecular complexity index is 562. The molecule has 0 radical (unpaired) electrons. The Morgan fingerprint density at radius 2 is 1.93 bits per heavy atom. The zero-order valence-electron chi connectivity index (χ0n) is 16.7. The van der Waals surface area contributed by atoms with E-state index in [4.69, 9.17) is 0 Å². The zero-order chi connectivity index (χ0) is 19.1. The van der Waals surface area contributed by atoms with E-state index in [1.165, 1.54) is 25.0 Å². The van der Waals surface area contributed by atoms with Crippen molar-refractivity contribution < 1.29 is 14.3 Å². The summed E-state index contributed by atoms with van der Waals surface area (Å²) in [5, 5.41) is 13.9. The lowest BCUT2D eigenvalue weighted by atomic mass is 9.85. The molecule has 1 heterocycles. The molecular weight excluding hydrogens is 367 g/mol. The summed E-state index contributed by atoms with van der Waals surface area (Å²) in [6.45, 7) is 9.21. The Hall–Kier alpha value is -1.17. The van der Waals surface area contributed by atoms with E-state index in [9.17, 15) is 14.3 Å². The first kappa shape index (κ1) is 23.9. The Kier molecular flexibility index (Phi) is 10.3. The molecule has 154 valence electrons. The quantitative estimate of drug-likeness (QED) is 0.698. The minimum atomic E-state index is -0.801. The molecule has 1 aliphatic heterocycles. The van der Waals surface area contributed by atoms with Crippen molar-refractivity contribution in [1.29, 1.82) is 0 Å². The number of aliphatic hydroxyl groups is 1. The molecule has 1 aliphatic rings. The second-order valence-electron chi connectivity index (χ2n) is 8.05. The smallest absolute Gasteiger partial charge is 0.222 e. The van der Waals surface area contributed by atoms with Crippen molar-refractivity contribution in [2.75, 3.05) is 26.2 Å². The van der Waals surface area contributed by atoms with E-state index in [2.05, 4.69) is 26.1 Å². The number of hydrogen-bond donors (Lipinski definition) is 2. The van der Waals surface area contributed by atoms with Crippen molar-refractivity contribution in [3.05, 3.63) is 35.6 Å². The second kappa shape index (κ2) is 11.6. The highest BCUT2D eigenvalue weighted by molar-refractivity contribution is 5.85. The van der Waals surface area contributed by atoms with Gasteiger partial charge in [0.25, 0.3) is 0 Å². The monoisotopic (exact) mass is 400 g/mol. The first-order valence-electron chi connectivity index (χ1n) is 9.78. The molecule has 1 amide bonds. The molecule has 1 fully saturated rings. The van der Waals surface area contributed by atoms with Crippen LogP contribution in [0.1, 0.15) is 51.7 Å². The van der Waals surface area contributed by atoms with Crippen LogP contribution in [0.25, 0.3) is 0 Å². The molecule has 3 unspecified atom stereocenters. The lowest BCUT2D eigenvalue weighted by Gasteiger charge is -2.32. The van der Waals surface area contributed by atoms with Gasteiger partial charge in [-0.2, -0.15) is 0 Å². The van der Waals surface area contributed by atoms with Gasteiger partial charge in [0, 0.05) is 13.0 Å². The summed E-state index contributed by atoms with van der Waals surface area (Å²) in [5.74, 6) is 0.957. The maximum atomic E-state index is 13.1. The Labute approximate surface area is 168 Å². The molecule has 0 saturated carbocycles. The number of halogens is 2. The van der Waals surface area contributed by atoms with Crippen LogP contribution in [0.15, 0.2) is 24.3 Å². The topological polar surface area (TPSA) is 52.6 Å². The predicted octanol–water partition coefficient (Wildman–Crippen LogP) is 3.79. The standard InChI is InChI=1S/C21H33FN2O2.ClH/c1-15(2)13-24(14-20(25)17-6-8-19(22)9-7-17)21(26)11-16(3)18-5-4-10-23-12-18;/h6-9,15-16,18,20,23,25H,4-5,10-14H2,1-3H3;1H. The van der Waals surface area contributed by atoms with E-state index in [1.54, 1.807) is 17.0 Å². The summed E-state index contributed by atoms with van der Waals surface area (Å²) in [6.07, 6.45) is 2.05. The van der Waals surface area contributed by atoms with Crippen molar-refractivity contribution in [2.45, 2.75) is 46.1 Å². The molecule has 1 aromatic rings. The van der Waals surface area contributed by atoms with E-state index in [1.807, 2.05) is 0 Å². The molecule has 2 rings (SSSR count). The van der Waals surface area contributed by atoms with Gasteiger partial charge in [-0.15, -0.1) is 12.4 Å². The van der Waals surface area contributed by atoms with Gasteiger partial charge in [0.05, 0.1) is 12.6 Å². The van der Waals surface area contributed by atoms with Gasteiger partial charge in [-0.25, -0.2) is 4.39 Å². The highest BCUT2D eigenvalue weighted by Crippen LogP contribution is 2.24. The third kappa shape index (κ3) is 7.76. The van der Waals surface area contributed by atoms with Gasteiger partial charge in [0.2, 0.25) is 5.91 Å². The predicted molar refractivity (Wildman–Crippen MR) is 109 cm³/mol. The van der Waals surface area contributed by atoms with Gasteiger partial charge in [-0.1, -0.05) is 32.9 Å². The van der Waals surface area contributed by atoms with Crippen molar-refractivity contribution in [3.63, 3.8) is 0 Å². The fourth-order valence-electron chi connectivity index (χ4n) is 3.65. The van der Waals surface area contributed by atoms with Crippen LogP contribution in [-0.4, -0.2) is 42.1 Å². The number of carbonyl (C=O) groups is 1. The summed E-state index contributed by atoms with van der Waals surface area (Å²) in [5.41, 5.74) is 0.637. The van der Waals surface area contributed by atoms with Gasteiger partial charge >= 0.3 is 0 Å². The van der Waals surface area contributed by atoms with Crippen LogP contribution < -0.4 is 5.32 Å². The third-order valence-electron chi connectivity index (χ3n) is 5.22. The largest absolute Gasteiger partial charge is 0.387 e. The molecule has 0 aliphatic carbocycles. The molecule has 0 spiro atoms. The number of nitrogens with zero attached hydrogens (tertiary/aromatic N) is 1. The van der Waals surface area contributed by atoms with Gasteiger partial charge in [0.15, 0.2) is 0 Å². The second-order valence-corrected chi connectivity index (χ2v) is 8.05. The summed E-state index contributed by atoms with van der Waals surface area (Å²) in [6, 6.07) is 5.83. The molecule has 2 N–H and O–H groups in total. The van der Waals surface area contributed by atoms with Gasteiger partial charge < -0.3 is 15.3 Å². The van der Waals surface area contributed by atoms with Crippen LogP contribution in [-0.2, 0) is 4.79 Å². The fraction of sp³-hybridized carbons (Fsp3) is 0.667. The molecule has 1 aromatic carbocycles. The summed E-state index contributed by atoms with van der Waals surface area (Å²) in [7, 11) is 0. The van der Waals surface area contributed by atoms with Crippen molar-refractivity contribution in [3.8, 4) is 0 Å². The lowest BCUT2D eigenvalue weighted by Crippen LogP contribution is -2.40. The normalized spacial score (nSPS) is 19.3. The highest BCUT2D eigenvalue weighted by atomic mass is 35.5. The number of piperidine rings is 1. The van der Waals surface area contributed by atoms with E-state index in [0.29, 0.717) is 36.3 Å². The average Bonchev–Trinajstić information content (AvgIpc) is 2.62. The number of benzene rings is 1. The van der Waals surface area contributed by atoms with E-state index < -0.39 is 6.10 Å². The van der Waals surface area contributed by atoms with Crippen LogP contribution in [0.4, 0.5) is 4.39 Å². The van der Waals surface area contributed by atoms with Crippen LogP contribution in [0.5, 0.6) is 0 Å². The summed E-state index contributed by atoms with van der Waals surface area (Å²) >= 11 is 0. The first-order chi connectivity index (χ1) is 12.4. The highest BCUT2D eigenvalue weighted by Gasteiger charge is 2.26. The van der Waals surface area contributed by atoms with Gasteiger partial charge in [-0.05, 0) is 61.4 Å². The number of amides is 1. The Morgan fingerprint density at radius 1 is 1.26 bits per heavy atom. The van der Waals surface area contributed by atoms with E-state index >= 15 is 0 Å². The van der Waals surface area contributed by atoms with Gasteiger partial charge in [0.1, 0.15) is 5.82 Å². The zero-order valence-corrected chi connectivity index (χ0v) is 17.5. The fourth-order valence-corrected chi connectivity index (χ4v) is 3.65. The third-order valence-corrected chi connectivity index (χ3v) is 5.22. The maximum Gasteiger partial charge on any atom is 0.222 e. The molecule has 27 heavy (non-hydrogen) atoms. The minimum absolute atomic E-state index is 0. The van der Waals surface area contributed by atoms with Crippen LogP contribution >= 0.6 is 12.4 Å². The van der Waals surface area contributed by atoms with Gasteiger partial charge in [-0.3, -0.25) is 4.79 Å². The van der Waals surface area contributed by atoms with Crippen LogP contribution in [0.2, 0.25) is 0 Å². The van der Waals surface area contributed by atoms with Crippen molar-refractivity contribution >= 4 is 18.3 Å². The summed E-state index contributed by atoms with van der Waals surface area (Å²) < 4.78 is 13.1. The number of nitrogens with one attached hydrogen (secondary N) is 1. The number of hydrogen-bond acceptors (Lipinski definition) is 3. The van der Waals surface area contributed by atoms with Crippen LogP contribution in [0, 0.1) is 23.6 Å². The van der Waals surface area contributed by atoms with E-state index in [-0.39, 0.29) is 30.7 Å². The van der Waals surface area contributed by atoms with Crippen molar-refractivity contribution in [2.24, 2.45) is 17.8 Å². The number of aliphatic hydroxyl groups excluding tert-OH is 1. The number of rotatable bonds is 8. The summed E-state index contributed by atoms with van der Waals surface area (Å²) in [4.78, 5) is 14.7. The minimum Gasteiger partial charge on any atom is -0.387 e. The SMILES string of the molecule is CC(C)CN(CC(O)c1ccc(F)cc1)C(=O)CC(C)C1CCCNC1.Cl. The Balaban J connectivity index is 0.00000364. The van der Waals surface area contributed by atoms with Crippen molar-refractivity contribution in [1.82, 2.24) is 10.2 Å². The molecule has 0 bridgehead atoms. The molecule has 3 atom stereocenters. The first-order valence-corrected chi connectivity index (χ1v) is 9.78. The molecule has 6 heteroatoms. The number of carbonyl (C=O) groups excluding carboxylic acids is 1. The average molecular weight is 401 g/mol. The molecule has 1 saturated heterocycles. The molecule has 4 nitrogen and oxygen atoms in total. The Morgan fingerprint density at radius 3 is 2.48 bits per heavy atom.